The Bertz CT molecular complexity index is 404. The predicted octanol–water partition coefficient (Wildman–Crippen LogP) is -6.16. The monoisotopic (exact) mass is 342 g/mol. The first-order valence-electron chi connectivity index (χ1n) is 6.79. The van der Waals surface area contributed by atoms with E-state index in [0.717, 1.165) is 0 Å². The van der Waals surface area contributed by atoms with E-state index in [9.17, 15) is 45.6 Å². The van der Waals surface area contributed by atoms with E-state index >= 15 is 0 Å². The van der Waals surface area contributed by atoms with Crippen LogP contribution in [-0.2, 0) is 9.53 Å². The van der Waals surface area contributed by atoms with Crippen LogP contribution in [0.25, 0.3) is 0 Å². The Balaban J connectivity index is 2.99. The molecule has 23 heavy (non-hydrogen) atoms. The maximum Gasteiger partial charge on any atom is 0.195 e. The highest BCUT2D eigenvalue weighted by Gasteiger charge is 2.57. The molecule has 0 bridgehead atoms. The third kappa shape index (κ3) is 3.69. The van der Waals surface area contributed by atoms with Crippen LogP contribution in [0.15, 0.2) is 0 Å². The van der Waals surface area contributed by atoms with Gasteiger partial charge in [-0.05, 0) is 0 Å². The van der Waals surface area contributed by atoms with Crippen LogP contribution < -0.4 is 0 Å². The average molecular weight is 342 g/mol. The zero-order valence-electron chi connectivity index (χ0n) is 12.0. The Labute approximate surface area is 130 Å². The maximum absolute atomic E-state index is 12.0. The van der Waals surface area contributed by atoms with Crippen LogP contribution in [0.2, 0.25) is 0 Å². The Morgan fingerprint density at radius 1 is 1.13 bits per heavy atom. The highest BCUT2D eigenvalue weighted by Crippen LogP contribution is 2.30. The van der Waals surface area contributed by atoms with Crippen LogP contribution in [0.1, 0.15) is 0 Å². The molecular formula is C12H22O11. The van der Waals surface area contributed by atoms with E-state index in [0.29, 0.717) is 0 Å². The third-order valence-electron chi connectivity index (χ3n) is 3.92. The van der Waals surface area contributed by atoms with Crippen molar-refractivity contribution >= 4 is 5.78 Å². The van der Waals surface area contributed by atoms with Gasteiger partial charge in [0.1, 0.15) is 42.7 Å². The maximum atomic E-state index is 12.0. The normalized spacial score (nSPS) is 37.0. The Hall–Kier alpha value is -0.730. The van der Waals surface area contributed by atoms with E-state index in [1.165, 1.54) is 0 Å². The first-order valence-corrected chi connectivity index (χ1v) is 6.79. The summed E-state index contributed by atoms with van der Waals surface area (Å²) in [7, 11) is 0. The number of ketones is 1. The first kappa shape index (κ1) is 20.3. The van der Waals surface area contributed by atoms with Gasteiger partial charge in [0.25, 0.3) is 0 Å². The van der Waals surface area contributed by atoms with Crippen LogP contribution >= 0.6 is 0 Å². The minimum Gasteiger partial charge on any atom is -0.394 e. The largest absolute Gasteiger partial charge is 0.394 e. The molecule has 136 valence electrons. The summed E-state index contributed by atoms with van der Waals surface area (Å²) < 4.78 is 4.92. The molecule has 11 heteroatoms. The van der Waals surface area contributed by atoms with Gasteiger partial charge in [0.2, 0.25) is 0 Å². The summed E-state index contributed by atoms with van der Waals surface area (Å²) in [6.45, 7) is -2.76. The lowest BCUT2D eigenvalue weighted by Gasteiger charge is -2.46. The molecule has 0 radical (unpaired) electrons. The number of rotatable bonds is 7. The highest BCUT2D eigenvalue weighted by molar-refractivity contribution is 5.89. The van der Waals surface area contributed by atoms with Crippen molar-refractivity contribution < 1.29 is 55.5 Å². The van der Waals surface area contributed by atoms with Gasteiger partial charge in [0, 0.05) is 0 Å². The number of hydrogen-bond acceptors (Lipinski definition) is 11. The lowest BCUT2D eigenvalue weighted by molar-refractivity contribution is -0.273. The van der Waals surface area contributed by atoms with Crippen molar-refractivity contribution in [2.45, 2.75) is 48.3 Å². The number of hydrogen-bond donors (Lipinski definition) is 9. The number of carbonyl (C=O) groups excluding carboxylic acids is 1. The van der Waals surface area contributed by atoms with E-state index < -0.39 is 73.9 Å². The topological polar surface area (TPSA) is 208 Å². The van der Waals surface area contributed by atoms with Gasteiger partial charge in [-0.3, -0.25) is 4.79 Å². The van der Waals surface area contributed by atoms with E-state index in [1.54, 1.807) is 0 Å². The zero-order valence-corrected chi connectivity index (χ0v) is 12.0. The molecule has 0 aliphatic carbocycles. The van der Waals surface area contributed by atoms with Gasteiger partial charge in [-0.15, -0.1) is 0 Å². The number of carbonyl (C=O) groups is 1. The van der Waals surface area contributed by atoms with Gasteiger partial charge in [-0.2, -0.15) is 0 Å². The quantitative estimate of drug-likeness (QED) is 0.212. The summed E-state index contributed by atoms with van der Waals surface area (Å²) >= 11 is 0. The molecule has 1 aliphatic rings. The highest BCUT2D eigenvalue weighted by atomic mass is 16.6. The summed E-state index contributed by atoms with van der Waals surface area (Å²) in [5.74, 6) is -1.53. The molecule has 1 saturated heterocycles. The van der Waals surface area contributed by atoms with Crippen molar-refractivity contribution in [3.8, 4) is 0 Å². The zero-order chi connectivity index (χ0) is 17.9. The van der Waals surface area contributed by atoms with Gasteiger partial charge in [0.15, 0.2) is 11.4 Å². The van der Waals surface area contributed by atoms with E-state index in [-0.39, 0.29) is 0 Å². The van der Waals surface area contributed by atoms with Crippen LogP contribution in [0.3, 0.4) is 0 Å². The predicted molar refractivity (Wildman–Crippen MR) is 69.9 cm³/mol. The van der Waals surface area contributed by atoms with Crippen molar-refractivity contribution in [1.82, 2.24) is 0 Å². The number of ether oxygens (including phenoxy) is 1. The minimum atomic E-state index is -2.44. The first-order chi connectivity index (χ1) is 10.6. The molecule has 0 aromatic heterocycles. The molecular weight excluding hydrogens is 320 g/mol. The molecule has 1 fully saturated rings. The van der Waals surface area contributed by atoms with Crippen LogP contribution in [0.5, 0.6) is 0 Å². The summed E-state index contributed by atoms with van der Waals surface area (Å²) in [5.41, 5.74) is -2.44. The Kier molecular flexibility index (Phi) is 6.97. The molecule has 1 aliphatic heterocycles. The molecule has 1 rings (SSSR count). The van der Waals surface area contributed by atoms with E-state index in [4.69, 9.17) is 9.84 Å². The fourth-order valence-corrected chi connectivity index (χ4v) is 2.28. The van der Waals surface area contributed by atoms with Gasteiger partial charge in [0.05, 0.1) is 19.8 Å². The van der Waals surface area contributed by atoms with Gasteiger partial charge >= 0.3 is 0 Å². The van der Waals surface area contributed by atoms with Crippen molar-refractivity contribution in [1.29, 1.82) is 0 Å². The second-order valence-electron chi connectivity index (χ2n) is 5.42. The third-order valence-corrected chi connectivity index (χ3v) is 3.92. The van der Waals surface area contributed by atoms with Crippen molar-refractivity contribution in [2.75, 3.05) is 19.8 Å². The molecule has 0 amide bonds. The summed E-state index contributed by atoms with van der Waals surface area (Å²) in [5, 5.41) is 85.3. The lowest BCUT2D eigenvalue weighted by Crippen LogP contribution is -2.70. The molecule has 8 atom stereocenters. The van der Waals surface area contributed by atoms with Gasteiger partial charge in [-0.1, -0.05) is 0 Å². The van der Waals surface area contributed by atoms with Gasteiger partial charge < -0.3 is 50.7 Å². The second kappa shape index (κ2) is 7.90. The summed E-state index contributed by atoms with van der Waals surface area (Å²) in [6.07, 6.45) is -14.2. The summed E-state index contributed by atoms with van der Waals surface area (Å²) in [4.78, 5) is 12.0. The summed E-state index contributed by atoms with van der Waals surface area (Å²) in [6, 6.07) is 0. The van der Waals surface area contributed by atoms with Crippen LogP contribution in [-0.4, -0.2) is 120 Å². The van der Waals surface area contributed by atoms with Crippen molar-refractivity contribution in [2.24, 2.45) is 0 Å². The molecule has 0 aromatic rings. The fraction of sp³-hybridized carbons (Fsp3) is 0.917. The molecule has 2 unspecified atom stereocenters. The van der Waals surface area contributed by atoms with Gasteiger partial charge in [-0.25, -0.2) is 0 Å². The van der Waals surface area contributed by atoms with E-state index in [2.05, 4.69) is 0 Å². The smallest absolute Gasteiger partial charge is 0.195 e. The minimum absolute atomic E-state index is 0.624. The standard InChI is InChI=1S/C12H22O11/c13-1-4(15)6(17)8(19)9(20)11(22)12(3-14)10(21)7(18)5(16)2-23-12/h4-8,10-11,13-19,21-22H,1-3H2/t4-,5-,6-,7+,8+,10+,11?,12?/m1/s1. The number of aliphatic hydroxyl groups is 9. The molecule has 0 saturated carbocycles. The average Bonchev–Trinajstić information content (AvgIpc) is 2.57. The molecule has 1 heterocycles. The lowest BCUT2D eigenvalue weighted by atomic mass is 9.80. The van der Waals surface area contributed by atoms with Crippen LogP contribution in [0.4, 0.5) is 0 Å². The van der Waals surface area contributed by atoms with Crippen LogP contribution in [0, 0.1) is 0 Å². The van der Waals surface area contributed by atoms with Crippen molar-refractivity contribution in [3.05, 3.63) is 0 Å². The molecule has 0 spiro atoms. The molecule has 11 nitrogen and oxygen atoms in total. The molecule has 9 N–H and O–H groups in total. The Morgan fingerprint density at radius 3 is 2.17 bits per heavy atom. The fourth-order valence-electron chi connectivity index (χ4n) is 2.28. The number of Topliss-reactive ketones (excluding diaryl/α,β-unsaturated/α-hetero) is 1. The van der Waals surface area contributed by atoms with E-state index in [1.807, 2.05) is 0 Å². The van der Waals surface area contributed by atoms with Crippen molar-refractivity contribution in [3.63, 3.8) is 0 Å². The Morgan fingerprint density at radius 2 is 1.70 bits per heavy atom. The SMILES string of the molecule is O=C(C(O)C1(CO)OC[C@@H](O)[C@H](O)[C@@H]1O)[C@@H](O)[C@H](O)[C@H](O)CO. The number of aliphatic hydroxyl groups excluding tert-OH is 9. The second-order valence-corrected chi connectivity index (χ2v) is 5.42. The molecule has 0 aromatic carbocycles.